The summed E-state index contributed by atoms with van der Waals surface area (Å²) in [5, 5.41) is 10.6. The second-order valence-electron chi connectivity index (χ2n) is 3.90. The van der Waals surface area contributed by atoms with Crippen LogP contribution < -0.4 is 0 Å². The Morgan fingerprint density at radius 3 is 2.59 bits per heavy atom. The van der Waals surface area contributed by atoms with Gasteiger partial charge in [0, 0.05) is 19.2 Å². The van der Waals surface area contributed by atoms with Gasteiger partial charge in [0.1, 0.15) is 5.02 Å². The Morgan fingerprint density at radius 1 is 1.35 bits per heavy atom. The molecule has 17 heavy (non-hydrogen) atoms. The van der Waals surface area contributed by atoms with Crippen molar-refractivity contribution in [3.05, 3.63) is 38.9 Å². The van der Waals surface area contributed by atoms with Crippen molar-refractivity contribution in [2.75, 3.05) is 13.1 Å². The second kappa shape index (κ2) is 4.71. The highest BCUT2D eigenvalue weighted by Gasteiger charge is 2.25. The summed E-state index contributed by atoms with van der Waals surface area (Å²) in [6.45, 7) is 1.38. The summed E-state index contributed by atoms with van der Waals surface area (Å²) in [5.41, 5.74) is -0.0144. The van der Waals surface area contributed by atoms with E-state index in [1.54, 1.807) is 4.90 Å². The third-order valence-corrected chi connectivity index (χ3v) is 3.20. The van der Waals surface area contributed by atoms with Crippen molar-refractivity contribution in [2.45, 2.75) is 12.8 Å². The number of nitro groups is 1. The highest BCUT2D eigenvalue weighted by atomic mass is 35.5. The summed E-state index contributed by atoms with van der Waals surface area (Å²) in [6, 6.07) is 4.30. The van der Waals surface area contributed by atoms with Crippen LogP contribution in [-0.4, -0.2) is 28.8 Å². The summed E-state index contributed by atoms with van der Waals surface area (Å²) in [7, 11) is 0. The first kappa shape index (κ1) is 11.9. The van der Waals surface area contributed by atoms with E-state index in [2.05, 4.69) is 0 Å². The Bertz CT molecular complexity index is 470. The summed E-state index contributed by atoms with van der Waals surface area (Å²) in [6.07, 6.45) is 1.94. The van der Waals surface area contributed by atoms with E-state index in [1.807, 2.05) is 0 Å². The number of likely N-dealkylation sites (tertiary alicyclic amines) is 1. The standard InChI is InChI=1S/C11H11ClN2O3/c12-10-8(4-3-5-9(10)14(16)17)11(15)13-6-1-2-7-13/h3-5H,1-2,6-7H2. The van der Waals surface area contributed by atoms with Crippen LogP contribution in [-0.2, 0) is 0 Å². The van der Waals surface area contributed by atoms with Gasteiger partial charge in [0.2, 0.25) is 0 Å². The number of amides is 1. The number of halogens is 1. The number of hydrogen-bond acceptors (Lipinski definition) is 3. The van der Waals surface area contributed by atoms with Crippen LogP contribution >= 0.6 is 11.6 Å². The van der Waals surface area contributed by atoms with Crippen molar-refractivity contribution in [3.63, 3.8) is 0 Å². The van der Waals surface area contributed by atoms with E-state index in [0.717, 1.165) is 12.8 Å². The molecule has 1 aliphatic heterocycles. The van der Waals surface area contributed by atoms with Crippen LogP contribution in [0.15, 0.2) is 18.2 Å². The minimum Gasteiger partial charge on any atom is -0.339 e. The van der Waals surface area contributed by atoms with Gasteiger partial charge in [0.15, 0.2) is 0 Å². The molecule has 0 aliphatic carbocycles. The molecule has 0 aromatic heterocycles. The van der Waals surface area contributed by atoms with Gasteiger partial charge in [-0.15, -0.1) is 0 Å². The fourth-order valence-corrected chi connectivity index (χ4v) is 2.19. The Kier molecular flexibility index (Phi) is 3.28. The summed E-state index contributed by atoms with van der Waals surface area (Å²) < 4.78 is 0. The number of rotatable bonds is 2. The van der Waals surface area contributed by atoms with Crippen LogP contribution in [0.25, 0.3) is 0 Å². The molecule has 0 N–H and O–H groups in total. The summed E-state index contributed by atoms with van der Waals surface area (Å²) in [4.78, 5) is 23.9. The molecule has 5 nitrogen and oxygen atoms in total. The minimum atomic E-state index is -0.580. The number of carbonyl (C=O) groups excluding carboxylic acids is 1. The van der Waals surface area contributed by atoms with Gasteiger partial charge < -0.3 is 4.90 Å². The van der Waals surface area contributed by atoms with E-state index in [-0.39, 0.29) is 22.2 Å². The topological polar surface area (TPSA) is 63.4 Å². The average molecular weight is 255 g/mol. The molecule has 1 fully saturated rings. The Labute approximate surface area is 103 Å². The maximum Gasteiger partial charge on any atom is 0.288 e. The van der Waals surface area contributed by atoms with Gasteiger partial charge in [-0.1, -0.05) is 17.7 Å². The fourth-order valence-electron chi connectivity index (χ4n) is 1.92. The van der Waals surface area contributed by atoms with Gasteiger partial charge in [-0.2, -0.15) is 0 Å². The lowest BCUT2D eigenvalue weighted by atomic mass is 10.1. The van der Waals surface area contributed by atoms with E-state index < -0.39 is 4.92 Å². The van der Waals surface area contributed by atoms with Crippen molar-refractivity contribution in [1.82, 2.24) is 4.90 Å². The quantitative estimate of drug-likeness (QED) is 0.602. The predicted octanol–water partition coefficient (Wildman–Crippen LogP) is 2.48. The number of hydrogen-bond donors (Lipinski definition) is 0. The van der Waals surface area contributed by atoms with E-state index in [9.17, 15) is 14.9 Å². The Morgan fingerprint density at radius 2 is 2.00 bits per heavy atom. The third kappa shape index (κ3) is 2.24. The van der Waals surface area contributed by atoms with Gasteiger partial charge in [-0.25, -0.2) is 0 Å². The molecule has 0 spiro atoms. The molecule has 1 heterocycles. The van der Waals surface area contributed by atoms with Crippen LogP contribution in [0, 0.1) is 10.1 Å². The number of benzene rings is 1. The smallest absolute Gasteiger partial charge is 0.288 e. The number of carbonyl (C=O) groups is 1. The molecule has 0 unspecified atom stereocenters. The first-order chi connectivity index (χ1) is 8.11. The zero-order valence-corrected chi connectivity index (χ0v) is 9.81. The molecule has 0 atom stereocenters. The lowest BCUT2D eigenvalue weighted by Crippen LogP contribution is -2.27. The number of nitro benzene ring substituents is 1. The Hall–Kier alpha value is -1.62. The molecule has 1 amide bonds. The van der Waals surface area contributed by atoms with Crippen LogP contribution in [0.1, 0.15) is 23.2 Å². The molecule has 0 bridgehead atoms. The van der Waals surface area contributed by atoms with Crippen molar-refractivity contribution in [3.8, 4) is 0 Å². The van der Waals surface area contributed by atoms with Crippen molar-refractivity contribution in [2.24, 2.45) is 0 Å². The van der Waals surface area contributed by atoms with Crippen molar-refractivity contribution >= 4 is 23.2 Å². The maximum absolute atomic E-state index is 12.1. The highest BCUT2D eigenvalue weighted by Crippen LogP contribution is 2.29. The molecular formula is C11H11ClN2O3. The predicted molar refractivity (Wildman–Crippen MR) is 63.2 cm³/mol. The fraction of sp³-hybridized carbons (Fsp3) is 0.364. The van der Waals surface area contributed by atoms with Gasteiger partial charge in [-0.3, -0.25) is 14.9 Å². The number of nitrogens with zero attached hydrogens (tertiary/aromatic N) is 2. The van der Waals surface area contributed by atoms with Crippen LogP contribution in [0.3, 0.4) is 0 Å². The summed E-state index contributed by atoms with van der Waals surface area (Å²) in [5.74, 6) is -0.226. The molecular weight excluding hydrogens is 244 g/mol. The van der Waals surface area contributed by atoms with E-state index in [0.29, 0.717) is 13.1 Å². The Balaban J connectivity index is 2.35. The largest absolute Gasteiger partial charge is 0.339 e. The van der Waals surface area contributed by atoms with Crippen molar-refractivity contribution < 1.29 is 9.72 Å². The zero-order valence-electron chi connectivity index (χ0n) is 9.06. The SMILES string of the molecule is O=C(c1cccc([N+](=O)[O-])c1Cl)N1CCCC1. The molecule has 2 rings (SSSR count). The average Bonchev–Trinajstić information content (AvgIpc) is 2.81. The van der Waals surface area contributed by atoms with Crippen LogP contribution in [0.2, 0.25) is 5.02 Å². The molecule has 1 aromatic carbocycles. The monoisotopic (exact) mass is 254 g/mol. The van der Waals surface area contributed by atoms with E-state index >= 15 is 0 Å². The maximum atomic E-state index is 12.1. The lowest BCUT2D eigenvalue weighted by Gasteiger charge is -2.15. The molecule has 1 aliphatic rings. The van der Waals surface area contributed by atoms with Gasteiger partial charge in [-0.05, 0) is 18.9 Å². The van der Waals surface area contributed by atoms with Gasteiger partial charge >= 0.3 is 0 Å². The first-order valence-corrected chi connectivity index (χ1v) is 5.71. The van der Waals surface area contributed by atoms with Crippen LogP contribution in [0.4, 0.5) is 5.69 Å². The van der Waals surface area contributed by atoms with Gasteiger partial charge in [0.05, 0.1) is 10.5 Å². The normalized spacial score (nSPS) is 15.0. The molecule has 1 aromatic rings. The lowest BCUT2D eigenvalue weighted by molar-refractivity contribution is -0.384. The molecule has 0 radical (unpaired) electrons. The van der Waals surface area contributed by atoms with Gasteiger partial charge in [0.25, 0.3) is 11.6 Å². The van der Waals surface area contributed by atoms with Crippen molar-refractivity contribution in [1.29, 1.82) is 0 Å². The van der Waals surface area contributed by atoms with E-state index in [1.165, 1.54) is 18.2 Å². The molecule has 90 valence electrons. The molecule has 6 heteroatoms. The molecule has 0 saturated carbocycles. The minimum absolute atomic E-state index is 0.0746. The third-order valence-electron chi connectivity index (χ3n) is 2.80. The van der Waals surface area contributed by atoms with Crippen LogP contribution in [0.5, 0.6) is 0 Å². The first-order valence-electron chi connectivity index (χ1n) is 5.33. The van der Waals surface area contributed by atoms with E-state index in [4.69, 9.17) is 11.6 Å². The second-order valence-corrected chi connectivity index (χ2v) is 4.27. The summed E-state index contributed by atoms with van der Waals surface area (Å²) >= 11 is 5.89. The molecule has 1 saturated heterocycles. The zero-order chi connectivity index (χ0) is 12.4. The highest BCUT2D eigenvalue weighted by molar-refractivity contribution is 6.35.